The fraction of sp³-hybridized carbons (Fsp3) is 0.320. The number of carbonyl (C=O) groups excluding carboxylic acids is 2. The summed E-state index contributed by atoms with van der Waals surface area (Å²) in [5.41, 5.74) is 0.235. The van der Waals surface area contributed by atoms with E-state index < -0.39 is 57.8 Å². The molecule has 4 N–H and O–H groups in total. The van der Waals surface area contributed by atoms with Gasteiger partial charge in [-0.15, -0.1) is 11.3 Å². The molecule has 0 unspecified atom stereocenters. The highest BCUT2D eigenvalue weighted by Gasteiger charge is 2.33. The van der Waals surface area contributed by atoms with Gasteiger partial charge >= 0.3 is 0 Å². The van der Waals surface area contributed by atoms with E-state index >= 15 is 0 Å². The molecule has 0 aliphatic heterocycles. The average molecular weight is 587 g/mol. The molecule has 10 nitrogen and oxygen atoms in total. The molecule has 2 aromatic carbocycles. The number of hydrogen-bond donors (Lipinski definition) is 4. The smallest absolute Gasteiger partial charge is 0.271 e. The lowest BCUT2D eigenvalue weighted by Gasteiger charge is -2.31. The van der Waals surface area contributed by atoms with Crippen LogP contribution in [0.1, 0.15) is 36.2 Å². The molecule has 214 valence electrons. The van der Waals surface area contributed by atoms with Crippen LogP contribution >= 0.6 is 11.3 Å². The summed E-state index contributed by atoms with van der Waals surface area (Å²) in [7, 11) is -2.37. The van der Waals surface area contributed by atoms with E-state index in [2.05, 4.69) is 15.6 Å². The molecule has 0 aliphatic carbocycles. The maximum absolute atomic E-state index is 13.8. The molecular weight excluding hydrogens is 554 g/mol. The van der Waals surface area contributed by atoms with Crippen LogP contribution in [0, 0.1) is 11.6 Å². The minimum atomic E-state index is -3.63. The van der Waals surface area contributed by atoms with E-state index in [-0.39, 0.29) is 25.7 Å². The number of nitrogens with zero attached hydrogens (tertiary/aromatic N) is 2. The normalized spacial score (nSPS) is 14.6. The number of amides is 2. The first-order chi connectivity index (χ1) is 18.3. The second-order valence-corrected chi connectivity index (χ2v) is 11.8. The molecule has 4 atom stereocenters. The average Bonchev–Trinajstić information content (AvgIpc) is 3.36. The molecule has 14 heteroatoms. The summed E-state index contributed by atoms with van der Waals surface area (Å²) in [6, 6.07) is 8.59. The molecule has 0 spiro atoms. The van der Waals surface area contributed by atoms with Gasteiger partial charge in [-0.2, -0.15) is 0 Å². The van der Waals surface area contributed by atoms with Gasteiger partial charge in [-0.25, -0.2) is 26.5 Å². The largest absolute Gasteiger partial charge is 0.388 e. The first-order valence-electron chi connectivity index (χ1n) is 11.6. The number of aromatic nitrogens is 1. The highest BCUT2D eigenvalue weighted by atomic mass is 32.2. The van der Waals surface area contributed by atoms with E-state index in [0.29, 0.717) is 11.6 Å². The van der Waals surface area contributed by atoms with Crippen molar-refractivity contribution in [2.45, 2.75) is 37.6 Å². The SMILES string of the molecule is C[C@@H](NC(=O)c1ccccc1)[C@@H](O)[C@H](O)[C@H](Cc1cc(F)cc(F)c1)NC(=O)c1csc(N(C)S(C)(=O)=O)n1.[HH].[HH]. The number of rotatable bonds is 11. The van der Waals surface area contributed by atoms with Crippen LogP contribution in [0.25, 0.3) is 0 Å². The van der Waals surface area contributed by atoms with Gasteiger partial charge in [0.25, 0.3) is 11.8 Å². The lowest BCUT2D eigenvalue weighted by atomic mass is 9.94. The highest BCUT2D eigenvalue weighted by Crippen LogP contribution is 2.22. The number of anilines is 1. The Balaban J connectivity index is 0.00000420. The van der Waals surface area contributed by atoms with Crippen LogP contribution in [0.2, 0.25) is 0 Å². The molecule has 0 saturated heterocycles. The predicted molar refractivity (Wildman–Crippen MR) is 146 cm³/mol. The third kappa shape index (κ3) is 8.02. The molecule has 1 heterocycles. The second kappa shape index (κ2) is 12.6. The number of hydrogen-bond acceptors (Lipinski definition) is 8. The van der Waals surface area contributed by atoms with Crippen LogP contribution < -0.4 is 14.9 Å². The zero-order valence-electron chi connectivity index (χ0n) is 21.2. The fourth-order valence-corrected chi connectivity index (χ4v) is 5.17. The van der Waals surface area contributed by atoms with Crippen molar-refractivity contribution in [3.63, 3.8) is 0 Å². The third-order valence-corrected chi connectivity index (χ3v) is 8.06. The molecule has 0 saturated carbocycles. The fourth-order valence-electron chi connectivity index (χ4n) is 3.64. The van der Waals surface area contributed by atoms with E-state index in [0.717, 1.165) is 34.0 Å². The van der Waals surface area contributed by atoms with Crippen molar-refractivity contribution in [1.82, 2.24) is 15.6 Å². The zero-order chi connectivity index (χ0) is 28.9. The number of halogens is 2. The number of sulfonamides is 1. The van der Waals surface area contributed by atoms with Gasteiger partial charge in [-0.1, -0.05) is 18.2 Å². The van der Waals surface area contributed by atoms with Crippen molar-refractivity contribution in [3.8, 4) is 0 Å². The number of carbonyl (C=O) groups is 2. The lowest BCUT2D eigenvalue weighted by molar-refractivity contribution is -0.0188. The van der Waals surface area contributed by atoms with E-state index in [1.165, 1.54) is 19.4 Å². The number of thiazole rings is 1. The molecule has 0 bridgehead atoms. The Morgan fingerprint density at radius 1 is 1.05 bits per heavy atom. The van der Waals surface area contributed by atoms with E-state index in [1.807, 2.05) is 0 Å². The topological polar surface area (TPSA) is 149 Å². The Bertz CT molecular complexity index is 1410. The standard InChI is InChI=1S/C25H28F2N4O6S2.2H2/c1-14(28-23(34)16-7-5-4-6-8-16)21(32)22(33)19(11-15-9-17(26)12-18(27)10-15)29-24(35)20-13-38-25(30-20)31(2)39(3,36)37;;/h4-10,12-14,19,21-22,32-33H,11H2,1-3H3,(H,28,34)(H,29,35);2*1H/t14-,19+,21-,22-;;/m1../s1. The zero-order valence-corrected chi connectivity index (χ0v) is 22.8. The molecule has 3 aromatic rings. The molecule has 0 fully saturated rings. The van der Waals surface area contributed by atoms with Crippen LogP contribution in [-0.2, 0) is 16.4 Å². The summed E-state index contributed by atoms with van der Waals surface area (Å²) in [6.45, 7) is 1.45. The van der Waals surface area contributed by atoms with Crippen molar-refractivity contribution in [1.29, 1.82) is 0 Å². The van der Waals surface area contributed by atoms with Gasteiger partial charge < -0.3 is 20.8 Å². The van der Waals surface area contributed by atoms with Crippen molar-refractivity contribution in [2.75, 3.05) is 17.6 Å². The lowest BCUT2D eigenvalue weighted by Crippen LogP contribution is -2.55. The molecule has 1 aromatic heterocycles. The quantitative estimate of drug-likeness (QED) is 0.269. The maximum Gasteiger partial charge on any atom is 0.271 e. The van der Waals surface area contributed by atoms with E-state index in [1.54, 1.807) is 30.3 Å². The second-order valence-electron chi connectivity index (χ2n) is 8.92. The van der Waals surface area contributed by atoms with Crippen LogP contribution in [-0.4, -0.2) is 73.0 Å². The summed E-state index contributed by atoms with van der Waals surface area (Å²) in [5, 5.41) is 28.3. The first kappa shape index (κ1) is 30.1. The molecular formula is C25H32F2N4O6S2. The van der Waals surface area contributed by atoms with Crippen LogP contribution in [0.4, 0.5) is 13.9 Å². The molecule has 3 rings (SSSR count). The number of aliphatic hydroxyl groups excluding tert-OH is 2. The summed E-state index contributed by atoms with van der Waals surface area (Å²) >= 11 is 0.888. The van der Waals surface area contributed by atoms with Crippen LogP contribution in [0.3, 0.4) is 0 Å². The van der Waals surface area contributed by atoms with Gasteiger partial charge in [0.05, 0.1) is 18.3 Å². The Morgan fingerprint density at radius 3 is 2.26 bits per heavy atom. The number of nitrogens with one attached hydrogen (secondary N) is 2. The molecule has 2 amide bonds. The Morgan fingerprint density at radius 2 is 1.67 bits per heavy atom. The molecule has 0 radical (unpaired) electrons. The molecule has 39 heavy (non-hydrogen) atoms. The summed E-state index contributed by atoms with van der Waals surface area (Å²) in [4.78, 5) is 29.5. The minimum Gasteiger partial charge on any atom is -0.388 e. The monoisotopic (exact) mass is 586 g/mol. The van der Waals surface area contributed by atoms with Gasteiger partial charge in [0.2, 0.25) is 10.0 Å². The van der Waals surface area contributed by atoms with E-state index in [9.17, 15) is 37.0 Å². The third-order valence-electron chi connectivity index (χ3n) is 5.86. The Labute approximate surface area is 231 Å². The number of aliphatic hydroxyl groups is 2. The number of benzene rings is 2. The van der Waals surface area contributed by atoms with Crippen molar-refractivity contribution < 1.29 is 39.9 Å². The summed E-state index contributed by atoms with van der Waals surface area (Å²) in [6.07, 6.45) is -2.64. The van der Waals surface area contributed by atoms with Crippen molar-refractivity contribution in [2.24, 2.45) is 0 Å². The Hall–Kier alpha value is -3.46. The van der Waals surface area contributed by atoms with Gasteiger partial charge in [0, 0.05) is 26.9 Å². The minimum absolute atomic E-state index is 0. The van der Waals surface area contributed by atoms with Crippen LogP contribution in [0.15, 0.2) is 53.9 Å². The van der Waals surface area contributed by atoms with E-state index in [4.69, 9.17) is 0 Å². The van der Waals surface area contributed by atoms with Crippen molar-refractivity contribution >= 4 is 38.3 Å². The van der Waals surface area contributed by atoms with Gasteiger partial charge in [0.15, 0.2) is 5.13 Å². The van der Waals surface area contributed by atoms with Crippen LogP contribution in [0.5, 0.6) is 0 Å². The van der Waals surface area contributed by atoms with Crippen molar-refractivity contribution in [3.05, 3.63) is 82.4 Å². The maximum atomic E-state index is 13.8. The predicted octanol–water partition coefficient (Wildman–Crippen LogP) is 2.19. The summed E-state index contributed by atoms with van der Waals surface area (Å²) < 4.78 is 52.1. The molecule has 0 aliphatic rings. The van der Waals surface area contributed by atoms with Gasteiger partial charge in [-0.3, -0.25) is 9.59 Å². The summed E-state index contributed by atoms with van der Waals surface area (Å²) in [5.74, 6) is -3.08. The Kier molecular flexibility index (Phi) is 9.72. The van der Waals surface area contributed by atoms with Gasteiger partial charge in [-0.05, 0) is 43.2 Å². The van der Waals surface area contributed by atoms with Gasteiger partial charge in [0.1, 0.15) is 29.5 Å². The first-order valence-corrected chi connectivity index (χ1v) is 14.4. The highest BCUT2D eigenvalue weighted by molar-refractivity contribution is 7.92.